The first-order valence-electron chi connectivity index (χ1n) is 8.18. The lowest BCUT2D eigenvalue weighted by Crippen LogP contribution is -2.26. The van der Waals surface area contributed by atoms with Crippen molar-refractivity contribution in [2.75, 3.05) is 11.9 Å². The highest BCUT2D eigenvalue weighted by atomic mass is 35.5. The SMILES string of the molecule is O=C(COC(=O)c1cccc(S(=O)(=O)NC2CC2)c1)Nc1cccc(Cl)c1. The highest BCUT2D eigenvalue weighted by molar-refractivity contribution is 7.89. The van der Waals surface area contributed by atoms with Crippen molar-refractivity contribution < 1.29 is 22.7 Å². The lowest BCUT2D eigenvalue weighted by Gasteiger charge is -2.09. The normalized spacial score (nSPS) is 13.8. The summed E-state index contributed by atoms with van der Waals surface area (Å²) in [4.78, 5) is 24.0. The van der Waals surface area contributed by atoms with Crippen molar-refractivity contribution in [3.63, 3.8) is 0 Å². The molecule has 3 rings (SSSR count). The zero-order valence-electron chi connectivity index (χ0n) is 14.1. The summed E-state index contributed by atoms with van der Waals surface area (Å²) < 4.78 is 31.9. The number of sulfonamides is 1. The van der Waals surface area contributed by atoms with Crippen molar-refractivity contribution in [3.05, 3.63) is 59.1 Å². The molecule has 0 bridgehead atoms. The minimum absolute atomic E-state index is 0.0211. The Kier molecular flexibility index (Phi) is 5.79. The van der Waals surface area contributed by atoms with Gasteiger partial charge in [0, 0.05) is 16.8 Å². The predicted octanol–water partition coefficient (Wildman–Crippen LogP) is 2.58. The fraction of sp³-hybridized carbons (Fsp3) is 0.222. The average Bonchev–Trinajstić information content (AvgIpc) is 3.43. The van der Waals surface area contributed by atoms with E-state index in [1.165, 1.54) is 24.3 Å². The number of rotatable bonds is 7. The standard InChI is InChI=1S/C18H17ClN2O5S/c19-13-4-2-5-15(10-13)20-17(22)11-26-18(23)12-3-1-6-16(9-12)27(24,25)21-14-7-8-14/h1-6,9-10,14,21H,7-8,11H2,(H,20,22). The van der Waals surface area contributed by atoms with E-state index in [0.29, 0.717) is 10.7 Å². The molecule has 2 aromatic carbocycles. The van der Waals surface area contributed by atoms with Crippen LogP contribution in [0.5, 0.6) is 0 Å². The van der Waals surface area contributed by atoms with Gasteiger partial charge in [0.05, 0.1) is 10.5 Å². The number of amides is 1. The molecule has 0 spiro atoms. The number of hydrogen-bond donors (Lipinski definition) is 2. The monoisotopic (exact) mass is 408 g/mol. The molecule has 0 saturated heterocycles. The Balaban J connectivity index is 1.59. The summed E-state index contributed by atoms with van der Waals surface area (Å²) in [5.74, 6) is -1.33. The van der Waals surface area contributed by atoms with E-state index in [4.69, 9.17) is 16.3 Å². The Bertz CT molecular complexity index is 973. The molecule has 2 N–H and O–H groups in total. The van der Waals surface area contributed by atoms with Gasteiger partial charge in [0.2, 0.25) is 10.0 Å². The van der Waals surface area contributed by atoms with Gasteiger partial charge in [0.15, 0.2) is 6.61 Å². The molecule has 0 unspecified atom stereocenters. The topological polar surface area (TPSA) is 102 Å². The van der Waals surface area contributed by atoms with Crippen molar-refractivity contribution in [1.82, 2.24) is 4.72 Å². The molecule has 0 heterocycles. The van der Waals surface area contributed by atoms with Crippen LogP contribution in [0.4, 0.5) is 5.69 Å². The molecule has 2 aromatic rings. The van der Waals surface area contributed by atoms with Crippen molar-refractivity contribution in [2.24, 2.45) is 0 Å². The van der Waals surface area contributed by atoms with Gasteiger partial charge in [0.25, 0.3) is 5.91 Å². The second-order valence-electron chi connectivity index (χ2n) is 6.06. The van der Waals surface area contributed by atoms with E-state index < -0.39 is 28.5 Å². The zero-order valence-corrected chi connectivity index (χ0v) is 15.7. The number of ether oxygens (including phenoxy) is 1. The van der Waals surface area contributed by atoms with Crippen LogP contribution < -0.4 is 10.0 Å². The van der Waals surface area contributed by atoms with Crippen LogP contribution in [0.25, 0.3) is 0 Å². The molecule has 1 saturated carbocycles. The Morgan fingerprint density at radius 1 is 1.11 bits per heavy atom. The third-order valence-electron chi connectivity index (χ3n) is 3.72. The molecule has 1 aliphatic rings. The van der Waals surface area contributed by atoms with Gasteiger partial charge in [-0.2, -0.15) is 0 Å². The maximum Gasteiger partial charge on any atom is 0.338 e. The molecule has 0 aromatic heterocycles. The fourth-order valence-electron chi connectivity index (χ4n) is 2.26. The molecule has 7 nitrogen and oxygen atoms in total. The van der Waals surface area contributed by atoms with Crippen molar-refractivity contribution in [1.29, 1.82) is 0 Å². The summed E-state index contributed by atoms with van der Waals surface area (Å²) in [5, 5.41) is 3.01. The Labute approximate surface area is 161 Å². The number of halogens is 1. The quantitative estimate of drug-likeness (QED) is 0.685. The highest BCUT2D eigenvalue weighted by Gasteiger charge is 2.28. The molecule has 1 fully saturated rings. The first kappa shape index (κ1) is 19.3. The molecule has 1 amide bonds. The third kappa shape index (κ3) is 5.53. The van der Waals surface area contributed by atoms with Gasteiger partial charge in [0.1, 0.15) is 0 Å². The smallest absolute Gasteiger partial charge is 0.338 e. The first-order chi connectivity index (χ1) is 12.8. The van der Waals surface area contributed by atoms with Crippen LogP contribution in [0.2, 0.25) is 5.02 Å². The number of carbonyl (C=O) groups excluding carboxylic acids is 2. The first-order valence-corrected chi connectivity index (χ1v) is 10.0. The van der Waals surface area contributed by atoms with E-state index in [1.807, 2.05) is 0 Å². The lowest BCUT2D eigenvalue weighted by molar-refractivity contribution is -0.119. The minimum Gasteiger partial charge on any atom is -0.452 e. The van der Waals surface area contributed by atoms with Crippen LogP contribution in [0.15, 0.2) is 53.4 Å². The second-order valence-corrected chi connectivity index (χ2v) is 8.21. The van der Waals surface area contributed by atoms with E-state index in [0.717, 1.165) is 12.8 Å². The maximum atomic E-state index is 12.2. The molecule has 0 aliphatic heterocycles. The number of nitrogens with one attached hydrogen (secondary N) is 2. The Morgan fingerprint density at radius 2 is 1.85 bits per heavy atom. The van der Waals surface area contributed by atoms with E-state index >= 15 is 0 Å². The largest absolute Gasteiger partial charge is 0.452 e. The molecule has 1 aliphatic carbocycles. The van der Waals surface area contributed by atoms with Crippen molar-refractivity contribution in [3.8, 4) is 0 Å². The van der Waals surface area contributed by atoms with Crippen molar-refractivity contribution >= 4 is 39.2 Å². The zero-order chi connectivity index (χ0) is 19.4. The maximum absolute atomic E-state index is 12.2. The molecular weight excluding hydrogens is 392 g/mol. The van der Waals surface area contributed by atoms with Gasteiger partial charge in [-0.25, -0.2) is 17.9 Å². The molecule has 0 radical (unpaired) electrons. The van der Waals surface area contributed by atoms with E-state index in [9.17, 15) is 18.0 Å². The molecular formula is C18H17ClN2O5S. The van der Waals surface area contributed by atoms with E-state index in [1.54, 1.807) is 24.3 Å². The summed E-state index contributed by atoms with van der Waals surface area (Å²) >= 11 is 5.83. The number of benzene rings is 2. The number of anilines is 1. The molecule has 27 heavy (non-hydrogen) atoms. The van der Waals surface area contributed by atoms with Gasteiger partial charge < -0.3 is 10.1 Å². The summed E-state index contributed by atoms with van der Waals surface area (Å²) in [6, 6.07) is 12.0. The van der Waals surface area contributed by atoms with Crippen LogP contribution in [0, 0.1) is 0 Å². The predicted molar refractivity (Wildman–Crippen MR) is 100 cm³/mol. The average molecular weight is 409 g/mol. The van der Waals surface area contributed by atoms with Gasteiger partial charge in [-0.3, -0.25) is 4.79 Å². The molecule has 142 valence electrons. The van der Waals surface area contributed by atoms with Crippen LogP contribution >= 0.6 is 11.6 Å². The summed E-state index contributed by atoms with van der Waals surface area (Å²) in [6.45, 7) is -0.511. The number of esters is 1. The van der Waals surface area contributed by atoms with Gasteiger partial charge in [-0.15, -0.1) is 0 Å². The second kappa shape index (κ2) is 8.08. The summed E-state index contributed by atoms with van der Waals surface area (Å²) in [7, 11) is -3.68. The van der Waals surface area contributed by atoms with Gasteiger partial charge in [-0.05, 0) is 49.2 Å². The lowest BCUT2D eigenvalue weighted by atomic mass is 10.2. The summed E-state index contributed by atoms with van der Waals surface area (Å²) in [6.07, 6.45) is 1.62. The van der Waals surface area contributed by atoms with Gasteiger partial charge >= 0.3 is 5.97 Å². The van der Waals surface area contributed by atoms with E-state index in [-0.39, 0.29) is 16.5 Å². The number of carbonyl (C=O) groups is 2. The van der Waals surface area contributed by atoms with Crippen molar-refractivity contribution in [2.45, 2.75) is 23.8 Å². The fourth-order valence-corrected chi connectivity index (χ4v) is 3.80. The highest BCUT2D eigenvalue weighted by Crippen LogP contribution is 2.22. The molecule has 9 heteroatoms. The van der Waals surface area contributed by atoms with Crippen LogP contribution in [-0.2, 0) is 19.6 Å². The number of hydrogen-bond acceptors (Lipinski definition) is 5. The third-order valence-corrected chi connectivity index (χ3v) is 5.48. The summed E-state index contributed by atoms with van der Waals surface area (Å²) in [5.41, 5.74) is 0.520. The van der Waals surface area contributed by atoms with E-state index in [2.05, 4.69) is 10.0 Å². The molecule has 0 atom stereocenters. The Morgan fingerprint density at radius 3 is 2.56 bits per heavy atom. The van der Waals surface area contributed by atoms with Crippen LogP contribution in [-0.4, -0.2) is 32.9 Å². The Hall–Kier alpha value is -2.42. The van der Waals surface area contributed by atoms with Crippen LogP contribution in [0.1, 0.15) is 23.2 Å². The van der Waals surface area contributed by atoms with Crippen LogP contribution in [0.3, 0.4) is 0 Å². The minimum atomic E-state index is -3.68. The van der Waals surface area contributed by atoms with Gasteiger partial charge in [-0.1, -0.05) is 23.7 Å².